The zero-order valence-electron chi connectivity index (χ0n) is 14.6. The number of hydrogen-bond acceptors (Lipinski definition) is 7. The van der Waals surface area contributed by atoms with E-state index in [-0.39, 0.29) is 29.4 Å². The molecule has 1 saturated heterocycles. The molecule has 9 nitrogen and oxygen atoms in total. The molecule has 144 valence electrons. The lowest BCUT2D eigenvalue weighted by Crippen LogP contribution is -2.46. The number of piperazine rings is 1. The standard InChI is InChI=1S/C17H19N3O6S/c1-25-14-3-5-15(6-4-14)26-16-7-2-13(20(21)22)12-17(16)27(23,24)19-10-8-18-9-11-19/h2-7,12,18H,8-11H2,1H3. The zero-order chi connectivity index (χ0) is 19.4. The topological polar surface area (TPSA) is 111 Å². The van der Waals surface area contributed by atoms with Gasteiger partial charge in [-0.15, -0.1) is 0 Å². The molecule has 0 spiro atoms. The van der Waals surface area contributed by atoms with Gasteiger partial charge in [0.25, 0.3) is 5.69 Å². The van der Waals surface area contributed by atoms with Crippen molar-refractivity contribution in [2.45, 2.75) is 4.90 Å². The molecule has 1 aliphatic heterocycles. The van der Waals surface area contributed by atoms with Crippen molar-refractivity contribution in [3.8, 4) is 17.2 Å². The van der Waals surface area contributed by atoms with Gasteiger partial charge in [-0.1, -0.05) is 0 Å². The van der Waals surface area contributed by atoms with Crippen LogP contribution in [-0.2, 0) is 10.0 Å². The van der Waals surface area contributed by atoms with Crippen LogP contribution in [0.3, 0.4) is 0 Å². The van der Waals surface area contributed by atoms with E-state index < -0.39 is 14.9 Å². The van der Waals surface area contributed by atoms with Crippen LogP contribution < -0.4 is 14.8 Å². The van der Waals surface area contributed by atoms with Gasteiger partial charge in [0.1, 0.15) is 22.1 Å². The van der Waals surface area contributed by atoms with Crippen molar-refractivity contribution in [3.63, 3.8) is 0 Å². The van der Waals surface area contributed by atoms with E-state index >= 15 is 0 Å². The Morgan fingerprint density at radius 3 is 2.30 bits per heavy atom. The average molecular weight is 393 g/mol. The Bertz CT molecular complexity index is 924. The minimum Gasteiger partial charge on any atom is -0.497 e. The third-order valence-electron chi connectivity index (χ3n) is 4.12. The lowest BCUT2D eigenvalue weighted by Gasteiger charge is -2.27. The number of sulfonamides is 1. The zero-order valence-corrected chi connectivity index (χ0v) is 15.4. The predicted molar refractivity (Wildman–Crippen MR) is 97.8 cm³/mol. The molecule has 0 radical (unpaired) electrons. The van der Waals surface area contributed by atoms with Crippen LogP contribution in [-0.4, -0.2) is 50.9 Å². The van der Waals surface area contributed by atoms with E-state index in [4.69, 9.17) is 9.47 Å². The fourth-order valence-electron chi connectivity index (χ4n) is 2.69. The van der Waals surface area contributed by atoms with Crippen LogP contribution in [0.2, 0.25) is 0 Å². The fraction of sp³-hybridized carbons (Fsp3) is 0.294. The minimum absolute atomic E-state index is 0.0318. The van der Waals surface area contributed by atoms with Crippen molar-refractivity contribution in [1.82, 2.24) is 9.62 Å². The molecule has 0 aromatic heterocycles. The number of methoxy groups -OCH3 is 1. The first-order chi connectivity index (χ1) is 12.9. The van der Waals surface area contributed by atoms with Gasteiger partial charge in [0.2, 0.25) is 10.0 Å². The molecule has 0 unspecified atom stereocenters. The predicted octanol–water partition coefficient (Wildman–Crippen LogP) is 1.99. The third-order valence-corrected chi connectivity index (χ3v) is 6.04. The number of benzene rings is 2. The molecule has 0 amide bonds. The highest BCUT2D eigenvalue weighted by Crippen LogP contribution is 2.34. The highest BCUT2D eigenvalue weighted by Gasteiger charge is 2.31. The largest absolute Gasteiger partial charge is 0.497 e. The summed E-state index contributed by atoms with van der Waals surface area (Å²) >= 11 is 0. The summed E-state index contributed by atoms with van der Waals surface area (Å²) in [6.45, 7) is 1.60. The normalized spacial score (nSPS) is 15.3. The van der Waals surface area contributed by atoms with E-state index in [9.17, 15) is 18.5 Å². The second kappa shape index (κ2) is 7.91. The summed E-state index contributed by atoms with van der Waals surface area (Å²) < 4.78 is 38.2. The number of nitrogens with one attached hydrogen (secondary N) is 1. The molecule has 0 aliphatic carbocycles. The van der Waals surface area contributed by atoms with Crippen molar-refractivity contribution in [3.05, 3.63) is 52.6 Å². The maximum Gasteiger partial charge on any atom is 0.271 e. The number of non-ortho nitro benzene ring substituents is 1. The van der Waals surface area contributed by atoms with Crippen molar-refractivity contribution in [1.29, 1.82) is 0 Å². The quantitative estimate of drug-likeness (QED) is 0.590. The molecule has 1 aliphatic rings. The van der Waals surface area contributed by atoms with Crippen LogP contribution in [0.15, 0.2) is 47.4 Å². The molecule has 3 rings (SSSR count). The maximum atomic E-state index is 13.0. The van der Waals surface area contributed by atoms with Crippen LogP contribution in [0.5, 0.6) is 17.2 Å². The number of nitrogens with zero attached hydrogens (tertiary/aromatic N) is 2. The number of hydrogen-bond donors (Lipinski definition) is 1. The first kappa shape index (κ1) is 19.1. The van der Waals surface area contributed by atoms with Gasteiger partial charge in [-0.2, -0.15) is 4.31 Å². The summed E-state index contributed by atoms with van der Waals surface area (Å²) in [5, 5.41) is 14.2. The fourth-order valence-corrected chi connectivity index (χ4v) is 4.27. The van der Waals surface area contributed by atoms with Gasteiger partial charge >= 0.3 is 0 Å². The molecule has 27 heavy (non-hydrogen) atoms. The second-order valence-electron chi connectivity index (χ2n) is 5.82. The Balaban J connectivity index is 2.01. The van der Waals surface area contributed by atoms with Gasteiger partial charge in [-0.25, -0.2) is 8.42 Å². The molecular weight excluding hydrogens is 374 g/mol. The van der Waals surface area contributed by atoms with Crippen LogP contribution >= 0.6 is 0 Å². The molecule has 1 fully saturated rings. The minimum atomic E-state index is -3.94. The van der Waals surface area contributed by atoms with E-state index in [1.165, 1.54) is 23.5 Å². The smallest absolute Gasteiger partial charge is 0.271 e. The van der Waals surface area contributed by atoms with Crippen molar-refractivity contribution in [2.24, 2.45) is 0 Å². The van der Waals surface area contributed by atoms with Gasteiger partial charge in [-0.05, 0) is 30.3 Å². The maximum absolute atomic E-state index is 13.0. The van der Waals surface area contributed by atoms with Gasteiger partial charge < -0.3 is 14.8 Å². The highest BCUT2D eigenvalue weighted by atomic mass is 32.2. The van der Waals surface area contributed by atoms with Crippen LogP contribution in [0.4, 0.5) is 5.69 Å². The Kier molecular flexibility index (Phi) is 5.59. The second-order valence-corrected chi connectivity index (χ2v) is 7.73. The Morgan fingerprint density at radius 1 is 1.07 bits per heavy atom. The molecule has 0 bridgehead atoms. The SMILES string of the molecule is COc1ccc(Oc2ccc([N+](=O)[O-])cc2S(=O)(=O)N2CCNCC2)cc1. The number of nitro groups is 1. The van der Waals surface area contributed by atoms with Crippen molar-refractivity contribution >= 4 is 15.7 Å². The van der Waals surface area contributed by atoms with Gasteiger partial charge in [0.05, 0.1) is 12.0 Å². The third kappa shape index (κ3) is 4.18. The van der Waals surface area contributed by atoms with Crippen molar-refractivity contribution < 1.29 is 22.8 Å². The first-order valence-corrected chi connectivity index (χ1v) is 9.67. The molecular formula is C17H19N3O6S. The number of rotatable bonds is 6. The Morgan fingerprint density at radius 2 is 1.70 bits per heavy atom. The van der Waals surface area contributed by atoms with E-state index in [1.54, 1.807) is 24.3 Å². The van der Waals surface area contributed by atoms with Crippen LogP contribution in [0, 0.1) is 10.1 Å². The van der Waals surface area contributed by atoms with Gasteiger partial charge in [0, 0.05) is 38.3 Å². The monoisotopic (exact) mass is 393 g/mol. The van der Waals surface area contributed by atoms with Gasteiger partial charge in [0.15, 0.2) is 0 Å². The molecule has 10 heteroatoms. The molecule has 1 heterocycles. The summed E-state index contributed by atoms with van der Waals surface area (Å²) in [6.07, 6.45) is 0. The molecule has 0 atom stereocenters. The summed E-state index contributed by atoms with van der Waals surface area (Å²) in [6, 6.07) is 10.2. The average Bonchev–Trinajstić information content (AvgIpc) is 2.69. The van der Waals surface area contributed by atoms with Crippen LogP contribution in [0.25, 0.3) is 0 Å². The highest BCUT2D eigenvalue weighted by molar-refractivity contribution is 7.89. The summed E-state index contributed by atoms with van der Waals surface area (Å²) in [5.41, 5.74) is -0.314. The molecule has 2 aromatic carbocycles. The Labute approximate surface area is 156 Å². The molecule has 1 N–H and O–H groups in total. The molecule has 0 saturated carbocycles. The summed E-state index contributed by atoms with van der Waals surface area (Å²) in [5.74, 6) is 1.05. The molecule has 2 aromatic rings. The summed E-state index contributed by atoms with van der Waals surface area (Å²) in [4.78, 5) is 10.3. The lowest BCUT2D eigenvalue weighted by molar-refractivity contribution is -0.385. The van der Waals surface area contributed by atoms with E-state index in [0.29, 0.717) is 24.6 Å². The first-order valence-electron chi connectivity index (χ1n) is 8.23. The lowest BCUT2D eigenvalue weighted by atomic mass is 10.3. The number of nitro benzene ring substituents is 1. The van der Waals surface area contributed by atoms with E-state index in [0.717, 1.165) is 6.07 Å². The number of ether oxygens (including phenoxy) is 2. The van der Waals surface area contributed by atoms with Crippen molar-refractivity contribution in [2.75, 3.05) is 33.3 Å². The summed E-state index contributed by atoms with van der Waals surface area (Å²) in [7, 11) is -2.41. The Hall–Kier alpha value is -2.69. The van der Waals surface area contributed by atoms with E-state index in [2.05, 4.69) is 5.32 Å². The van der Waals surface area contributed by atoms with Crippen LogP contribution in [0.1, 0.15) is 0 Å². The van der Waals surface area contributed by atoms with Gasteiger partial charge in [-0.3, -0.25) is 10.1 Å². The van der Waals surface area contributed by atoms with E-state index in [1.807, 2.05) is 0 Å².